The van der Waals surface area contributed by atoms with Gasteiger partial charge in [0, 0.05) is 31.9 Å². The Bertz CT molecular complexity index is 282. The molecule has 1 unspecified atom stereocenters. The van der Waals surface area contributed by atoms with Gasteiger partial charge >= 0.3 is 0 Å². The molecule has 0 aromatic rings. The van der Waals surface area contributed by atoms with E-state index in [0.717, 1.165) is 0 Å². The summed E-state index contributed by atoms with van der Waals surface area (Å²) in [5.41, 5.74) is -0.810. The zero-order valence-electron chi connectivity index (χ0n) is 9.03. The van der Waals surface area contributed by atoms with Crippen LogP contribution in [-0.4, -0.2) is 56.9 Å². The molecule has 5 nitrogen and oxygen atoms in total. The first-order chi connectivity index (χ1) is 6.97. The predicted octanol–water partition coefficient (Wildman–Crippen LogP) is -0.838. The maximum atomic E-state index is 11.1. The van der Waals surface area contributed by atoms with E-state index in [9.17, 15) is 13.5 Å². The number of hydrogen-bond acceptors (Lipinski definition) is 5. The smallest absolute Gasteiger partial charge is 0.151 e. The van der Waals surface area contributed by atoms with Gasteiger partial charge in [-0.05, 0) is 0 Å². The minimum atomic E-state index is -2.91. The van der Waals surface area contributed by atoms with Crippen LogP contribution in [0.2, 0.25) is 0 Å². The van der Waals surface area contributed by atoms with E-state index in [-0.39, 0.29) is 11.5 Å². The van der Waals surface area contributed by atoms with Gasteiger partial charge in [-0.2, -0.15) is 0 Å². The van der Waals surface area contributed by atoms with Gasteiger partial charge in [0.25, 0.3) is 0 Å². The summed E-state index contributed by atoms with van der Waals surface area (Å²) in [7, 11) is -2.91. The van der Waals surface area contributed by atoms with Crippen molar-refractivity contribution in [3.63, 3.8) is 0 Å². The van der Waals surface area contributed by atoms with E-state index in [4.69, 9.17) is 4.74 Å². The quantitative estimate of drug-likeness (QED) is 0.589. The van der Waals surface area contributed by atoms with E-state index >= 15 is 0 Å². The first kappa shape index (κ1) is 12.9. The van der Waals surface area contributed by atoms with Gasteiger partial charge in [0.05, 0.1) is 12.4 Å². The van der Waals surface area contributed by atoms with Crippen LogP contribution in [0.25, 0.3) is 0 Å². The molecule has 1 rings (SSSR count). The molecule has 1 saturated heterocycles. The second kappa shape index (κ2) is 5.25. The van der Waals surface area contributed by atoms with Gasteiger partial charge < -0.3 is 15.2 Å². The topological polar surface area (TPSA) is 75.6 Å². The van der Waals surface area contributed by atoms with Crippen LogP contribution in [0.1, 0.15) is 13.3 Å². The molecule has 1 atom stereocenters. The number of sulfone groups is 1. The fourth-order valence-electron chi connectivity index (χ4n) is 1.43. The maximum Gasteiger partial charge on any atom is 0.151 e. The molecule has 15 heavy (non-hydrogen) atoms. The monoisotopic (exact) mass is 237 g/mol. The van der Waals surface area contributed by atoms with Crippen LogP contribution in [0.3, 0.4) is 0 Å². The van der Waals surface area contributed by atoms with Crippen LogP contribution >= 0.6 is 0 Å². The molecule has 0 spiro atoms. The molecule has 0 amide bonds. The van der Waals surface area contributed by atoms with Gasteiger partial charge in [0.1, 0.15) is 5.60 Å². The highest BCUT2D eigenvalue weighted by atomic mass is 32.2. The summed E-state index contributed by atoms with van der Waals surface area (Å²) in [6.45, 7) is 3.32. The summed E-state index contributed by atoms with van der Waals surface area (Å²) >= 11 is 0. The van der Waals surface area contributed by atoms with E-state index in [1.807, 2.05) is 0 Å². The molecule has 0 saturated carbocycles. The molecule has 0 radical (unpaired) electrons. The lowest BCUT2D eigenvalue weighted by atomic mass is 10.0. The Morgan fingerprint density at radius 3 is 2.80 bits per heavy atom. The molecule has 0 bridgehead atoms. The van der Waals surface area contributed by atoms with Crippen molar-refractivity contribution in [2.45, 2.75) is 18.9 Å². The molecule has 1 heterocycles. The van der Waals surface area contributed by atoms with Crippen LogP contribution in [0, 0.1) is 0 Å². The Labute approximate surface area is 90.7 Å². The Morgan fingerprint density at radius 1 is 1.53 bits per heavy atom. The van der Waals surface area contributed by atoms with E-state index in [2.05, 4.69) is 5.32 Å². The van der Waals surface area contributed by atoms with Crippen molar-refractivity contribution >= 4 is 9.84 Å². The molecule has 90 valence electrons. The number of hydrogen-bond donors (Lipinski definition) is 2. The molecule has 0 aromatic heterocycles. The van der Waals surface area contributed by atoms with E-state index in [1.165, 1.54) is 0 Å². The van der Waals surface area contributed by atoms with Crippen molar-refractivity contribution < 1.29 is 18.3 Å². The highest BCUT2D eigenvalue weighted by Crippen LogP contribution is 2.16. The van der Waals surface area contributed by atoms with Gasteiger partial charge in [-0.1, -0.05) is 6.92 Å². The Balaban J connectivity index is 2.17. The van der Waals surface area contributed by atoms with Gasteiger partial charge in [0.2, 0.25) is 0 Å². The first-order valence-corrected chi connectivity index (χ1v) is 7.01. The molecule has 0 aromatic carbocycles. The standard InChI is InChI=1S/C9H19NO4S/c1-2-15(12,13)6-4-10-7-9(11)3-5-14-8-9/h10-11H,2-8H2,1H3. The third-order valence-electron chi connectivity index (χ3n) is 2.57. The maximum absolute atomic E-state index is 11.1. The highest BCUT2D eigenvalue weighted by molar-refractivity contribution is 7.91. The first-order valence-electron chi connectivity index (χ1n) is 5.19. The van der Waals surface area contributed by atoms with Crippen molar-refractivity contribution in [3.8, 4) is 0 Å². The number of nitrogens with one attached hydrogen (secondary N) is 1. The van der Waals surface area contributed by atoms with Crippen molar-refractivity contribution in [2.75, 3.05) is 37.8 Å². The molecular formula is C9H19NO4S. The van der Waals surface area contributed by atoms with Crippen molar-refractivity contribution in [1.29, 1.82) is 0 Å². The Kier molecular flexibility index (Phi) is 4.51. The number of aliphatic hydroxyl groups is 1. The average Bonchev–Trinajstić information content (AvgIpc) is 2.61. The summed E-state index contributed by atoms with van der Waals surface area (Å²) in [6.07, 6.45) is 0.612. The largest absolute Gasteiger partial charge is 0.386 e. The fraction of sp³-hybridized carbons (Fsp3) is 1.00. The van der Waals surface area contributed by atoms with Gasteiger partial charge in [-0.3, -0.25) is 0 Å². The second-order valence-corrected chi connectivity index (χ2v) is 6.41. The van der Waals surface area contributed by atoms with E-state index < -0.39 is 15.4 Å². The van der Waals surface area contributed by atoms with Crippen LogP contribution in [0.15, 0.2) is 0 Å². The lowest BCUT2D eigenvalue weighted by Crippen LogP contribution is -2.42. The van der Waals surface area contributed by atoms with E-state index in [1.54, 1.807) is 6.92 Å². The number of ether oxygens (including phenoxy) is 1. The Morgan fingerprint density at radius 2 is 2.27 bits per heavy atom. The van der Waals surface area contributed by atoms with Crippen molar-refractivity contribution in [2.24, 2.45) is 0 Å². The van der Waals surface area contributed by atoms with Gasteiger partial charge in [-0.25, -0.2) is 8.42 Å². The number of rotatable bonds is 6. The third kappa shape index (κ3) is 4.46. The van der Waals surface area contributed by atoms with Crippen LogP contribution in [0.5, 0.6) is 0 Å². The molecule has 0 aliphatic carbocycles. The SMILES string of the molecule is CCS(=O)(=O)CCNCC1(O)CCOC1. The molecular weight excluding hydrogens is 218 g/mol. The zero-order chi connectivity index (χ0) is 11.4. The fourth-order valence-corrected chi connectivity index (χ4v) is 2.17. The minimum absolute atomic E-state index is 0.125. The van der Waals surface area contributed by atoms with Gasteiger partial charge in [-0.15, -0.1) is 0 Å². The summed E-state index contributed by atoms with van der Waals surface area (Å²) in [5.74, 6) is 0.294. The predicted molar refractivity (Wildman–Crippen MR) is 57.6 cm³/mol. The zero-order valence-corrected chi connectivity index (χ0v) is 9.85. The average molecular weight is 237 g/mol. The summed E-state index contributed by atoms with van der Waals surface area (Å²) in [4.78, 5) is 0. The minimum Gasteiger partial charge on any atom is -0.386 e. The Hall–Kier alpha value is -0.170. The van der Waals surface area contributed by atoms with E-state index in [0.29, 0.717) is 32.7 Å². The highest BCUT2D eigenvalue weighted by Gasteiger charge is 2.31. The second-order valence-electron chi connectivity index (χ2n) is 3.94. The molecule has 1 aliphatic heterocycles. The lowest BCUT2D eigenvalue weighted by Gasteiger charge is -2.20. The lowest BCUT2D eigenvalue weighted by molar-refractivity contribution is 0.0276. The molecule has 2 N–H and O–H groups in total. The molecule has 1 aliphatic rings. The van der Waals surface area contributed by atoms with Crippen LogP contribution in [0.4, 0.5) is 0 Å². The molecule has 1 fully saturated rings. The van der Waals surface area contributed by atoms with Crippen LogP contribution < -0.4 is 5.32 Å². The normalized spacial score (nSPS) is 27.1. The summed E-state index contributed by atoms with van der Waals surface area (Å²) < 4.78 is 27.4. The molecule has 6 heteroatoms. The van der Waals surface area contributed by atoms with Crippen molar-refractivity contribution in [3.05, 3.63) is 0 Å². The summed E-state index contributed by atoms with van der Waals surface area (Å²) in [6, 6.07) is 0. The van der Waals surface area contributed by atoms with Crippen molar-refractivity contribution in [1.82, 2.24) is 5.32 Å². The van der Waals surface area contributed by atoms with Crippen LogP contribution in [-0.2, 0) is 14.6 Å². The van der Waals surface area contributed by atoms with Gasteiger partial charge in [0.15, 0.2) is 9.84 Å². The third-order valence-corrected chi connectivity index (χ3v) is 4.27. The summed E-state index contributed by atoms with van der Waals surface area (Å²) in [5, 5.41) is 12.8.